The minimum Gasteiger partial charge on any atom is -0.343 e. The molecule has 0 saturated carbocycles. The van der Waals surface area contributed by atoms with E-state index in [4.69, 9.17) is 0 Å². The lowest BCUT2D eigenvalue weighted by Gasteiger charge is -2.31. The quantitative estimate of drug-likeness (QED) is 0.815. The Morgan fingerprint density at radius 2 is 1.89 bits per heavy atom. The van der Waals surface area contributed by atoms with Gasteiger partial charge < -0.3 is 4.90 Å². The summed E-state index contributed by atoms with van der Waals surface area (Å²) >= 11 is 0. The molecule has 0 spiro atoms. The van der Waals surface area contributed by atoms with Crippen LogP contribution in [-0.4, -0.2) is 50.2 Å². The monoisotopic (exact) mass is 282 g/mol. The normalized spacial score (nSPS) is 17.8. The number of nitrogens with zero attached hydrogens (tertiary/aromatic N) is 2. The largest absolute Gasteiger partial charge is 0.343 e. The lowest BCUT2D eigenvalue weighted by molar-refractivity contribution is -0.132. The number of piperazine rings is 1. The van der Waals surface area contributed by atoms with Gasteiger partial charge in [0, 0.05) is 20.1 Å². The number of likely N-dealkylation sites (N-methyl/N-ethyl adjacent to an activating group) is 1. The van der Waals surface area contributed by atoms with E-state index in [0.29, 0.717) is 13.1 Å². The fourth-order valence-electron chi connectivity index (χ4n) is 2.03. The summed E-state index contributed by atoms with van der Waals surface area (Å²) in [6.45, 7) is 2.66. The van der Waals surface area contributed by atoms with Crippen LogP contribution < -0.4 is 0 Å². The molecule has 1 aliphatic heterocycles. The van der Waals surface area contributed by atoms with Crippen molar-refractivity contribution in [3.63, 3.8) is 0 Å². The molecule has 1 aromatic rings. The molecule has 2 rings (SSSR count). The van der Waals surface area contributed by atoms with E-state index in [1.165, 1.54) is 4.31 Å². The second-order valence-electron chi connectivity index (χ2n) is 4.83. The molecule has 1 aliphatic rings. The van der Waals surface area contributed by atoms with Crippen molar-refractivity contribution >= 4 is 15.9 Å². The highest BCUT2D eigenvalue weighted by Crippen LogP contribution is 2.16. The zero-order valence-electron chi connectivity index (χ0n) is 11.2. The molecule has 104 valence electrons. The molecule has 6 heteroatoms. The summed E-state index contributed by atoms with van der Waals surface area (Å²) in [7, 11) is -1.74. The van der Waals surface area contributed by atoms with E-state index in [-0.39, 0.29) is 18.2 Å². The topological polar surface area (TPSA) is 57.7 Å². The van der Waals surface area contributed by atoms with Crippen LogP contribution >= 0.6 is 0 Å². The van der Waals surface area contributed by atoms with E-state index in [1.54, 1.807) is 11.9 Å². The number of aryl methyl sites for hydroxylation is 1. The van der Waals surface area contributed by atoms with Crippen LogP contribution in [0.3, 0.4) is 0 Å². The van der Waals surface area contributed by atoms with Gasteiger partial charge in [-0.3, -0.25) is 4.79 Å². The fraction of sp³-hybridized carbons (Fsp3) is 0.462. The van der Waals surface area contributed by atoms with E-state index >= 15 is 0 Å². The molecular formula is C13H18N2O3S. The first-order valence-corrected chi connectivity index (χ1v) is 7.77. The Hall–Kier alpha value is -1.40. The van der Waals surface area contributed by atoms with Crippen molar-refractivity contribution in [2.24, 2.45) is 0 Å². The Bertz CT molecular complexity index is 583. The number of rotatable bonds is 3. The maximum atomic E-state index is 12.3. The third kappa shape index (κ3) is 3.13. The number of hydrogen-bond donors (Lipinski definition) is 0. The standard InChI is InChI=1S/C13H18N2O3S/c1-11-5-3-4-6-12(11)10-19(17,18)15-8-7-14(2)13(16)9-15/h3-6H,7-10H2,1-2H3. The van der Waals surface area contributed by atoms with Gasteiger partial charge in [0.25, 0.3) is 0 Å². The number of sulfonamides is 1. The summed E-state index contributed by atoms with van der Waals surface area (Å²) in [5, 5.41) is 0. The van der Waals surface area contributed by atoms with Crippen molar-refractivity contribution in [2.45, 2.75) is 12.7 Å². The first kappa shape index (κ1) is 14.0. The van der Waals surface area contributed by atoms with E-state index in [0.717, 1.165) is 11.1 Å². The van der Waals surface area contributed by atoms with Gasteiger partial charge in [0.05, 0.1) is 12.3 Å². The number of carbonyl (C=O) groups is 1. The summed E-state index contributed by atoms with van der Waals surface area (Å²) in [5.74, 6) is -0.198. The van der Waals surface area contributed by atoms with Crippen LogP contribution in [0.4, 0.5) is 0 Å². The molecule has 0 radical (unpaired) electrons. The molecular weight excluding hydrogens is 264 g/mol. The SMILES string of the molecule is Cc1ccccc1CS(=O)(=O)N1CCN(C)C(=O)C1. The summed E-state index contributed by atoms with van der Waals surface area (Å²) < 4.78 is 25.9. The minimum atomic E-state index is -3.43. The molecule has 0 bridgehead atoms. The molecule has 19 heavy (non-hydrogen) atoms. The van der Waals surface area contributed by atoms with Gasteiger partial charge >= 0.3 is 0 Å². The predicted molar refractivity (Wildman–Crippen MR) is 73.0 cm³/mol. The van der Waals surface area contributed by atoms with E-state index in [1.807, 2.05) is 31.2 Å². The highest BCUT2D eigenvalue weighted by molar-refractivity contribution is 7.88. The van der Waals surface area contributed by atoms with Crippen LogP contribution in [0.25, 0.3) is 0 Å². The maximum absolute atomic E-state index is 12.3. The van der Waals surface area contributed by atoms with Gasteiger partial charge in [-0.05, 0) is 18.1 Å². The Labute approximate surface area is 113 Å². The van der Waals surface area contributed by atoms with Gasteiger partial charge in [-0.15, -0.1) is 0 Å². The average Bonchev–Trinajstić information content (AvgIpc) is 2.35. The molecule has 1 amide bonds. The van der Waals surface area contributed by atoms with Gasteiger partial charge in [0.1, 0.15) is 0 Å². The van der Waals surface area contributed by atoms with Gasteiger partial charge in [-0.1, -0.05) is 24.3 Å². The third-order valence-electron chi connectivity index (χ3n) is 3.41. The molecule has 0 atom stereocenters. The molecule has 0 N–H and O–H groups in total. The van der Waals surface area contributed by atoms with Crippen LogP contribution in [0.1, 0.15) is 11.1 Å². The Kier molecular flexibility index (Phi) is 3.91. The summed E-state index contributed by atoms with van der Waals surface area (Å²) in [6, 6.07) is 7.41. The predicted octanol–water partition coefficient (Wildman–Crippen LogP) is 0.599. The molecule has 5 nitrogen and oxygen atoms in total. The highest BCUT2D eigenvalue weighted by Gasteiger charge is 2.30. The Morgan fingerprint density at radius 1 is 1.21 bits per heavy atom. The summed E-state index contributed by atoms with van der Waals surface area (Å²) in [4.78, 5) is 13.1. The average molecular weight is 282 g/mol. The Morgan fingerprint density at radius 3 is 2.53 bits per heavy atom. The number of benzene rings is 1. The van der Waals surface area contributed by atoms with Crippen molar-refractivity contribution in [1.82, 2.24) is 9.21 Å². The number of carbonyl (C=O) groups excluding carboxylic acids is 1. The van der Waals surface area contributed by atoms with Crippen molar-refractivity contribution in [3.05, 3.63) is 35.4 Å². The molecule has 1 aromatic carbocycles. The van der Waals surface area contributed by atoms with Crippen LogP contribution in [0.2, 0.25) is 0 Å². The third-order valence-corrected chi connectivity index (χ3v) is 5.19. The van der Waals surface area contributed by atoms with Crippen LogP contribution in [0.5, 0.6) is 0 Å². The molecule has 0 unspecified atom stereocenters. The summed E-state index contributed by atoms with van der Waals surface area (Å²) in [5.41, 5.74) is 1.74. The van der Waals surface area contributed by atoms with Gasteiger partial charge in [0.2, 0.25) is 15.9 Å². The Balaban J connectivity index is 2.15. The minimum absolute atomic E-state index is 0.0450. The molecule has 1 heterocycles. The lowest BCUT2D eigenvalue weighted by Crippen LogP contribution is -2.50. The van der Waals surface area contributed by atoms with Gasteiger partial charge in [0.15, 0.2) is 0 Å². The first-order chi connectivity index (χ1) is 8.90. The smallest absolute Gasteiger partial charge is 0.237 e. The number of amides is 1. The van der Waals surface area contributed by atoms with Crippen molar-refractivity contribution in [3.8, 4) is 0 Å². The van der Waals surface area contributed by atoms with Crippen LogP contribution in [-0.2, 0) is 20.6 Å². The van der Waals surface area contributed by atoms with Crippen LogP contribution in [0.15, 0.2) is 24.3 Å². The maximum Gasteiger partial charge on any atom is 0.237 e. The zero-order valence-corrected chi connectivity index (χ0v) is 12.0. The second kappa shape index (κ2) is 5.30. The van der Waals surface area contributed by atoms with E-state index in [2.05, 4.69) is 0 Å². The molecule has 1 fully saturated rings. The van der Waals surface area contributed by atoms with Crippen LogP contribution in [0, 0.1) is 6.92 Å². The van der Waals surface area contributed by atoms with Gasteiger partial charge in [-0.2, -0.15) is 4.31 Å². The second-order valence-corrected chi connectivity index (χ2v) is 6.80. The molecule has 1 saturated heterocycles. The molecule has 0 aromatic heterocycles. The van der Waals surface area contributed by atoms with Crippen molar-refractivity contribution in [1.29, 1.82) is 0 Å². The van der Waals surface area contributed by atoms with E-state index in [9.17, 15) is 13.2 Å². The zero-order chi connectivity index (χ0) is 14.0. The highest BCUT2D eigenvalue weighted by atomic mass is 32.2. The fourth-order valence-corrected chi connectivity index (χ4v) is 3.60. The summed E-state index contributed by atoms with van der Waals surface area (Å²) in [6.07, 6.45) is 0. The van der Waals surface area contributed by atoms with E-state index < -0.39 is 10.0 Å². The number of hydrogen-bond acceptors (Lipinski definition) is 3. The van der Waals surface area contributed by atoms with Crippen molar-refractivity contribution < 1.29 is 13.2 Å². The molecule has 0 aliphatic carbocycles. The first-order valence-electron chi connectivity index (χ1n) is 6.16. The van der Waals surface area contributed by atoms with Gasteiger partial charge in [-0.25, -0.2) is 8.42 Å². The van der Waals surface area contributed by atoms with Crippen molar-refractivity contribution in [2.75, 3.05) is 26.7 Å². The lowest BCUT2D eigenvalue weighted by atomic mass is 10.1.